The molecule has 7 rings (SSSR count). The molecule has 23 nitrogen and oxygen atoms in total. The van der Waals surface area contributed by atoms with E-state index < -0.39 is 76.9 Å². The fourth-order valence-corrected chi connectivity index (χ4v) is 7.79. The number of nitrogen functional groups attached to an aromatic ring is 2. The molecule has 4 unspecified atom stereocenters. The smallest absolute Gasteiger partial charge is 0.386 e. The van der Waals surface area contributed by atoms with Gasteiger partial charge in [0.2, 0.25) is 5.95 Å². The van der Waals surface area contributed by atoms with Gasteiger partial charge < -0.3 is 40.6 Å². The molecule has 25 heteroatoms. The number of hydrogen-bond acceptors (Lipinski definition) is 18. The zero-order valence-corrected chi connectivity index (χ0v) is 26.7. The van der Waals surface area contributed by atoms with Crippen molar-refractivity contribution in [2.24, 2.45) is 0 Å². The molecule has 0 spiro atoms. The normalized spacial score (nSPS) is 33.2. The molecule has 0 aromatic carbocycles. The Hall–Kier alpha value is -3.44. The average molecular weight is 716 g/mol. The van der Waals surface area contributed by atoms with Crippen molar-refractivity contribution >= 4 is 49.7 Å². The zero-order chi connectivity index (χ0) is 34.1. The lowest BCUT2D eigenvalue weighted by molar-refractivity contribution is -0.0778. The third-order valence-corrected chi connectivity index (χ3v) is 9.75. The molecule has 10 atom stereocenters. The minimum absolute atomic E-state index is 0.0275. The fourth-order valence-electron chi connectivity index (χ4n) is 5.68. The first-order chi connectivity index (χ1) is 22.7. The van der Waals surface area contributed by atoms with E-state index in [4.69, 9.17) is 43.8 Å². The van der Waals surface area contributed by atoms with Crippen LogP contribution >= 0.6 is 15.6 Å². The molecule has 0 aliphatic carbocycles. The zero-order valence-electron chi connectivity index (χ0n) is 24.9. The molecule has 4 aromatic heterocycles. The van der Waals surface area contributed by atoms with E-state index in [1.165, 1.54) is 28.1 Å². The summed E-state index contributed by atoms with van der Waals surface area (Å²) in [7, 11) is -9.63. The van der Waals surface area contributed by atoms with Crippen molar-refractivity contribution in [2.45, 2.75) is 69.0 Å². The highest BCUT2D eigenvalue weighted by molar-refractivity contribution is 7.47. The molecular formula is C23H30N10O13P2. The Kier molecular flexibility index (Phi) is 8.38. The van der Waals surface area contributed by atoms with Gasteiger partial charge in [-0.1, -0.05) is 0 Å². The Labute approximate surface area is 268 Å². The second-order valence-corrected chi connectivity index (χ2v) is 14.1. The predicted octanol–water partition coefficient (Wildman–Crippen LogP) is -0.909. The van der Waals surface area contributed by atoms with Gasteiger partial charge in [-0.05, 0) is 13.8 Å². The number of fused-ring (bicyclic) bond motifs is 3. The first kappa shape index (κ1) is 33.1. The van der Waals surface area contributed by atoms with Crippen LogP contribution in [-0.2, 0) is 41.4 Å². The topological polar surface area (TPSA) is 319 Å². The van der Waals surface area contributed by atoms with E-state index in [1.807, 2.05) is 0 Å². The molecule has 0 radical (unpaired) electrons. The number of nitrogens with zero attached hydrogens (tertiary/aromatic N) is 7. The maximum absolute atomic E-state index is 13.3. The molecule has 3 saturated heterocycles. The number of aromatic amines is 1. The number of aliphatic hydroxyl groups is 1. The molecule has 3 aliphatic rings. The number of phosphoric acid groups is 2. The van der Waals surface area contributed by atoms with E-state index in [-0.39, 0.29) is 46.8 Å². The van der Waals surface area contributed by atoms with Crippen LogP contribution < -0.4 is 17.0 Å². The van der Waals surface area contributed by atoms with Gasteiger partial charge in [0.1, 0.15) is 48.5 Å². The molecule has 7 heterocycles. The van der Waals surface area contributed by atoms with E-state index in [0.717, 1.165) is 0 Å². The summed E-state index contributed by atoms with van der Waals surface area (Å²) >= 11 is 0. The highest BCUT2D eigenvalue weighted by Crippen LogP contribution is 2.59. The van der Waals surface area contributed by atoms with Gasteiger partial charge in [0.15, 0.2) is 35.1 Å². The maximum Gasteiger partial charge on any atom is 0.473 e. The Bertz CT molecular complexity index is 2010. The van der Waals surface area contributed by atoms with Gasteiger partial charge >= 0.3 is 15.6 Å². The van der Waals surface area contributed by atoms with Crippen LogP contribution in [0.25, 0.3) is 22.3 Å². The van der Waals surface area contributed by atoms with Gasteiger partial charge in [-0.25, -0.2) is 29.1 Å². The summed E-state index contributed by atoms with van der Waals surface area (Å²) in [5.74, 6) is -0.135. The van der Waals surface area contributed by atoms with E-state index in [2.05, 4.69) is 29.9 Å². The maximum atomic E-state index is 13.3. The minimum Gasteiger partial charge on any atom is -0.386 e. The lowest BCUT2D eigenvalue weighted by Gasteiger charge is -2.25. The second-order valence-electron chi connectivity index (χ2n) is 11.3. The van der Waals surface area contributed by atoms with Crippen LogP contribution in [0.2, 0.25) is 0 Å². The summed E-state index contributed by atoms with van der Waals surface area (Å²) in [5.41, 5.74) is 11.3. The van der Waals surface area contributed by atoms with E-state index in [1.54, 1.807) is 13.8 Å². The molecule has 0 bridgehead atoms. The second kappa shape index (κ2) is 12.2. The van der Waals surface area contributed by atoms with Crippen LogP contribution in [0.3, 0.4) is 0 Å². The number of aromatic nitrogens is 8. The molecule has 0 saturated carbocycles. The number of imidazole rings is 2. The number of rotatable bonds is 10. The Balaban J connectivity index is 1.10. The minimum atomic E-state index is -5.04. The third-order valence-electron chi connectivity index (χ3n) is 7.74. The highest BCUT2D eigenvalue weighted by atomic mass is 31.2. The summed E-state index contributed by atoms with van der Waals surface area (Å²) in [6, 6.07) is 0. The van der Waals surface area contributed by atoms with Gasteiger partial charge in [-0.15, -0.1) is 0 Å². The Morgan fingerprint density at radius 3 is 2.46 bits per heavy atom. The van der Waals surface area contributed by atoms with Crippen LogP contribution in [-0.4, -0.2) is 110 Å². The largest absolute Gasteiger partial charge is 0.473 e. The van der Waals surface area contributed by atoms with E-state index >= 15 is 0 Å². The van der Waals surface area contributed by atoms with E-state index in [9.17, 15) is 28.8 Å². The van der Waals surface area contributed by atoms with Crippen LogP contribution in [0.5, 0.6) is 0 Å². The van der Waals surface area contributed by atoms with Gasteiger partial charge in [0, 0.05) is 0 Å². The van der Waals surface area contributed by atoms with Gasteiger partial charge in [-0.3, -0.25) is 37.0 Å². The number of anilines is 2. The van der Waals surface area contributed by atoms with Crippen LogP contribution in [0.15, 0.2) is 23.8 Å². The van der Waals surface area contributed by atoms with Crippen molar-refractivity contribution in [3.63, 3.8) is 0 Å². The molecule has 3 aliphatic heterocycles. The summed E-state index contributed by atoms with van der Waals surface area (Å²) in [4.78, 5) is 55.7. The van der Waals surface area contributed by atoms with Crippen molar-refractivity contribution in [2.75, 3.05) is 24.7 Å². The van der Waals surface area contributed by atoms with Crippen molar-refractivity contribution in [1.29, 1.82) is 0 Å². The lowest BCUT2D eigenvalue weighted by atomic mass is 10.1. The Morgan fingerprint density at radius 2 is 1.71 bits per heavy atom. The SMILES string of the molecule is CC(C)OC[C@H]1O[C@@H](n2cnc3c(N)ncnc32)[C@@H](O)C1OP(=O)(O)OC[C@H]1O[C@@H](n2cnc3c(=O)[nH]c(N)nc32)[C@H]2OP(=O)(O)OC12. The van der Waals surface area contributed by atoms with Crippen molar-refractivity contribution in [3.8, 4) is 0 Å². The molecular weight excluding hydrogens is 686 g/mol. The summed E-state index contributed by atoms with van der Waals surface area (Å²) < 4.78 is 67.0. The van der Waals surface area contributed by atoms with Crippen molar-refractivity contribution < 1.29 is 56.3 Å². The van der Waals surface area contributed by atoms with Gasteiger partial charge in [-0.2, -0.15) is 4.98 Å². The van der Waals surface area contributed by atoms with Gasteiger partial charge in [0.25, 0.3) is 5.56 Å². The van der Waals surface area contributed by atoms with Crippen LogP contribution in [0.1, 0.15) is 26.3 Å². The molecule has 260 valence electrons. The van der Waals surface area contributed by atoms with Gasteiger partial charge in [0.05, 0.1) is 32.0 Å². The van der Waals surface area contributed by atoms with Crippen LogP contribution in [0, 0.1) is 0 Å². The number of nitrogens with two attached hydrogens (primary N) is 2. The van der Waals surface area contributed by atoms with Crippen molar-refractivity contribution in [3.05, 3.63) is 29.3 Å². The first-order valence-corrected chi connectivity index (χ1v) is 17.3. The number of ether oxygens (including phenoxy) is 3. The quantitative estimate of drug-likeness (QED) is 0.108. The monoisotopic (exact) mass is 716 g/mol. The lowest BCUT2D eigenvalue weighted by Crippen LogP contribution is -2.37. The number of H-pyrrole nitrogens is 1. The van der Waals surface area contributed by atoms with E-state index in [0.29, 0.717) is 0 Å². The molecule has 4 aromatic rings. The summed E-state index contributed by atoms with van der Waals surface area (Å²) in [6.07, 6.45) is -6.96. The Morgan fingerprint density at radius 1 is 1.02 bits per heavy atom. The first-order valence-electron chi connectivity index (χ1n) is 14.3. The highest BCUT2D eigenvalue weighted by Gasteiger charge is 2.59. The van der Waals surface area contributed by atoms with Crippen LogP contribution in [0.4, 0.5) is 11.8 Å². The third kappa shape index (κ3) is 6.01. The number of aliphatic hydroxyl groups excluding tert-OH is 1. The van der Waals surface area contributed by atoms with Crippen molar-refractivity contribution in [1.82, 2.24) is 39.0 Å². The molecule has 3 fully saturated rings. The standard InChI is InChI=1S/C23H30N10O13P2/c1-8(2)40-3-9-14(13(34)21(42-9)32-6-28-11-17(24)26-5-27-18(11)32)44-47(36,37)41-4-10-15-16(46-48(38,39)45-15)22(43-10)33-7-29-12-19(33)30-23(25)31-20(12)35/h5-10,13-16,21-22,34H,3-4H2,1-2H3,(H,36,37)(H,38,39)(H2,24,26,27)(H3,25,30,31,35)/t9-,10-,13+,14?,15?,16+,21-,22-/m1/s1. The fraction of sp³-hybridized carbons (Fsp3) is 0.565. The summed E-state index contributed by atoms with van der Waals surface area (Å²) in [6.45, 7) is 2.66. The number of hydrogen-bond donors (Lipinski definition) is 6. The number of phosphoric ester groups is 2. The molecule has 8 N–H and O–H groups in total. The summed E-state index contributed by atoms with van der Waals surface area (Å²) in [5, 5.41) is 11.3. The predicted molar refractivity (Wildman–Crippen MR) is 157 cm³/mol. The number of nitrogens with one attached hydrogen (secondary N) is 1. The molecule has 48 heavy (non-hydrogen) atoms. The molecule has 0 amide bonds. The average Bonchev–Trinajstić information content (AvgIpc) is 3.81.